The predicted molar refractivity (Wildman–Crippen MR) is 45.7 cm³/mol. The summed E-state index contributed by atoms with van der Waals surface area (Å²) in [7, 11) is 0. The molecule has 0 aromatic heterocycles. The highest BCUT2D eigenvalue weighted by atomic mass is 14.2. The first-order chi connectivity index (χ1) is 5.34. The van der Waals surface area contributed by atoms with Gasteiger partial charge in [0.2, 0.25) is 0 Å². The number of hydrogen-bond donors (Lipinski definition) is 0. The average molecular weight is 143 g/mol. The fraction of sp³-hybridized carbons (Fsp3) is 0.100. The van der Waals surface area contributed by atoms with Crippen molar-refractivity contribution in [3.63, 3.8) is 0 Å². The molecule has 1 nitrogen and oxygen atoms in total. The van der Waals surface area contributed by atoms with Gasteiger partial charge in [-0.25, -0.2) is 0 Å². The minimum atomic E-state index is 0.407. The van der Waals surface area contributed by atoms with Gasteiger partial charge in [-0.15, -0.1) is 0 Å². The van der Waals surface area contributed by atoms with Crippen LogP contribution in [0.1, 0.15) is 12.0 Å². The summed E-state index contributed by atoms with van der Waals surface area (Å²) < 4.78 is 0. The van der Waals surface area contributed by atoms with Crippen molar-refractivity contribution in [3.05, 3.63) is 42.5 Å². The zero-order valence-electron chi connectivity index (χ0n) is 6.25. The second-order valence-corrected chi connectivity index (χ2v) is 2.30. The Hall–Kier alpha value is -1.55. The van der Waals surface area contributed by atoms with Crippen molar-refractivity contribution in [1.82, 2.24) is 0 Å². The highest BCUT2D eigenvalue weighted by Gasteiger charge is 1.94. The fourth-order valence-electron chi connectivity index (χ4n) is 0.871. The third kappa shape index (κ3) is 1.94. The van der Waals surface area contributed by atoms with Crippen molar-refractivity contribution < 1.29 is 0 Å². The Morgan fingerprint density at radius 1 is 1.36 bits per heavy atom. The molecule has 1 aromatic rings. The van der Waals surface area contributed by atoms with E-state index in [0.717, 1.165) is 11.1 Å². The zero-order valence-corrected chi connectivity index (χ0v) is 6.25. The highest BCUT2D eigenvalue weighted by Crippen LogP contribution is 2.13. The molecule has 1 heteroatoms. The molecule has 0 amide bonds. The number of rotatable bonds is 2. The summed E-state index contributed by atoms with van der Waals surface area (Å²) in [5.74, 6) is 0. The van der Waals surface area contributed by atoms with E-state index in [2.05, 4.69) is 12.6 Å². The molecule has 0 unspecified atom stereocenters. The summed E-state index contributed by atoms with van der Waals surface area (Å²) in [4.78, 5) is 0. The smallest absolute Gasteiger partial charge is 0.0669 e. The third-order valence-electron chi connectivity index (χ3n) is 1.47. The van der Waals surface area contributed by atoms with E-state index in [9.17, 15) is 0 Å². The van der Waals surface area contributed by atoms with Crippen molar-refractivity contribution in [2.75, 3.05) is 0 Å². The maximum absolute atomic E-state index is 8.39. The van der Waals surface area contributed by atoms with Crippen LogP contribution < -0.4 is 0 Å². The first-order valence-corrected chi connectivity index (χ1v) is 3.44. The van der Waals surface area contributed by atoms with E-state index in [0.29, 0.717) is 6.42 Å². The van der Waals surface area contributed by atoms with Crippen LogP contribution in [-0.4, -0.2) is 0 Å². The van der Waals surface area contributed by atoms with Crippen LogP contribution in [0.25, 0.3) is 5.57 Å². The minimum absolute atomic E-state index is 0.407. The lowest BCUT2D eigenvalue weighted by Gasteiger charge is -1.98. The van der Waals surface area contributed by atoms with E-state index in [1.54, 1.807) is 0 Å². The lowest BCUT2D eigenvalue weighted by molar-refractivity contribution is 1.36. The Morgan fingerprint density at radius 3 is 2.55 bits per heavy atom. The van der Waals surface area contributed by atoms with Crippen molar-refractivity contribution >= 4 is 5.57 Å². The summed E-state index contributed by atoms with van der Waals surface area (Å²) in [5.41, 5.74) is 1.93. The largest absolute Gasteiger partial charge is 0.198 e. The van der Waals surface area contributed by atoms with Crippen LogP contribution in [0.2, 0.25) is 0 Å². The van der Waals surface area contributed by atoms with Crippen molar-refractivity contribution in [2.24, 2.45) is 0 Å². The molecule has 1 rings (SSSR count). The number of nitrogens with zero attached hydrogens (tertiary/aromatic N) is 1. The highest BCUT2D eigenvalue weighted by molar-refractivity contribution is 5.64. The lowest BCUT2D eigenvalue weighted by Crippen LogP contribution is -1.78. The lowest BCUT2D eigenvalue weighted by atomic mass is 10.1. The maximum Gasteiger partial charge on any atom is 0.0669 e. The Bertz CT molecular complexity index is 279. The molecule has 0 heterocycles. The topological polar surface area (TPSA) is 23.8 Å². The Kier molecular flexibility index (Phi) is 2.46. The van der Waals surface area contributed by atoms with E-state index < -0.39 is 0 Å². The van der Waals surface area contributed by atoms with Gasteiger partial charge in [0.25, 0.3) is 0 Å². The summed E-state index contributed by atoms with van der Waals surface area (Å²) >= 11 is 0. The molecule has 0 atom stereocenters. The monoisotopic (exact) mass is 143 g/mol. The normalized spacial score (nSPS) is 8.64. The van der Waals surface area contributed by atoms with E-state index in [1.165, 1.54) is 0 Å². The van der Waals surface area contributed by atoms with Crippen LogP contribution in [0.5, 0.6) is 0 Å². The molecule has 0 bridgehead atoms. The van der Waals surface area contributed by atoms with Crippen molar-refractivity contribution in [2.45, 2.75) is 6.42 Å². The molecular weight excluding hydrogens is 134 g/mol. The van der Waals surface area contributed by atoms with E-state index in [1.807, 2.05) is 30.3 Å². The first kappa shape index (κ1) is 7.56. The Balaban J connectivity index is 2.79. The standard InChI is InChI=1S/C10H9N/c1-9(7-8-11)10-5-3-2-4-6-10/h2-6H,1,7H2. The van der Waals surface area contributed by atoms with Gasteiger partial charge in [0.05, 0.1) is 12.5 Å². The molecule has 0 spiro atoms. The number of nitriles is 1. The summed E-state index contributed by atoms with van der Waals surface area (Å²) in [6.45, 7) is 3.79. The second kappa shape index (κ2) is 3.58. The molecule has 11 heavy (non-hydrogen) atoms. The molecule has 0 saturated carbocycles. The van der Waals surface area contributed by atoms with Crippen molar-refractivity contribution in [3.8, 4) is 6.07 Å². The van der Waals surface area contributed by atoms with Crippen LogP contribution in [0, 0.1) is 11.3 Å². The van der Waals surface area contributed by atoms with Crippen LogP contribution in [0.3, 0.4) is 0 Å². The fourth-order valence-corrected chi connectivity index (χ4v) is 0.871. The molecule has 0 radical (unpaired) electrons. The third-order valence-corrected chi connectivity index (χ3v) is 1.47. The number of hydrogen-bond acceptors (Lipinski definition) is 1. The van der Waals surface area contributed by atoms with Crippen LogP contribution in [0.15, 0.2) is 36.9 Å². The van der Waals surface area contributed by atoms with Gasteiger partial charge in [0, 0.05) is 0 Å². The van der Waals surface area contributed by atoms with Gasteiger partial charge in [0.15, 0.2) is 0 Å². The molecule has 54 valence electrons. The summed E-state index contributed by atoms with van der Waals surface area (Å²) in [6.07, 6.45) is 0.407. The maximum atomic E-state index is 8.39. The molecular formula is C10H9N. The Morgan fingerprint density at radius 2 is 2.00 bits per heavy atom. The van der Waals surface area contributed by atoms with E-state index in [-0.39, 0.29) is 0 Å². The Labute approximate surface area is 66.6 Å². The van der Waals surface area contributed by atoms with Crippen LogP contribution in [-0.2, 0) is 0 Å². The zero-order chi connectivity index (χ0) is 8.10. The number of allylic oxidation sites excluding steroid dienone is 1. The molecule has 0 aliphatic carbocycles. The van der Waals surface area contributed by atoms with Gasteiger partial charge in [-0.2, -0.15) is 5.26 Å². The first-order valence-electron chi connectivity index (χ1n) is 3.44. The van der Waals surface area contributed by atoms with Gasteiger partial charge >= 0.3 is 0 Å². The SMILES string of the molecule is C=C(CC#N)c1ccccc1. The van der Waals surface area contributed by atoms with Gasteiger partial charge in [-0.05, 0) is 11.1 Å². The average Bonchev–Trinajstić information content (AvgIpc) is 2.07. The van der Waals surface area contributed by atoms with Gasteiger partial charge in [0.1, 0.15) is 0 Å². The molecule has 0 saturated heterocycles. The molecule has 0 fully saturated rings. The molecule has 0 aliphatic rings. The molecule has 0 aliphatic heterocycles. The van der Waals surface area contributed by atoms with E-state index >= 15 is 0 Å². The summed E-state index contributed by atoms with van der Waals surface area (Å²) in [5, 5.41) is 8.39. The van der Waals surface area contributed by atoms with Gasteiger partial charge < -0.3 is 0 Å². The van der Waals surface area contributed by atoms with Crippen molar-refractivity contribution in [1.29, 1.82) is 5.26 Å². The quantitative estimate of drug-likeness (QED) is 0.624. The van der Waals surface area contributed by atoms with Crippen LogP contribution in [0.4, 0.5) is 0 Å². The number of benzene rings is 1. The van der Waals surface area contributed by atoms with Gasteiger partial charge in [-0.1, -0.05) is 36.9 Å². The molecule has 1 aromatic carbocycles. The van der Waals surface area contributed by atoms with Gasteiger partial charge in [-0.3, -0.25) is 0 Å². The second-order valence-electron chi connectivity index (χ2n) is 2.30. The van der Waals surface area contributed by atoms with Crippen LogP contribution >= 0.6 is 0 Å². The predicted octanol–water partition coefficient (Wildman–Crippen LogP) is 2.61. The minimum Gasteiger partial charge on any atom is -0.198 e. The van der Waals surface area contributed by atoms with E-state index in [4.69, 9.17) is 5.26 Å². The summed E-state index contributed by atoms with van der Waals surface area (Å²) in [6, 6.07) is 11.8. The molecule has 0 N–H and O–H groups in total.